The van der Waals surface area contributed by atoms with Gasteiger partial charge in [-0.05, 0) is 55.1 Å². The van der Waals surface area contributed by atoms with Crippen LogP contribution < -0.4 is 0 Å². The zero-order chi connectivity index (χ0) is 12.1. The number of benzene rings is 1. The first-order valence-electron chi connectivity index (χ1n) is 7.48. The van der Waals surface area contributed by atoms with E-state index in [1.807, 2.05) is 0 Å². The lowest BCUT2D eigenvalue weighted by molar-refractivity contribution is -0.122. The van der Waals surface area contributed by atoms with Crippen LogP contribution in [-0.4, -0.2) is 5.78 Å². The minimum atomic E-state index is 0.227. The Kier molecular flexibility index (Phi) is 2.36. The predicted molar refractivity (Wildman–Crippen MR) is 71.4 cm³/mol. The first kappa shape index (κ1) is 10.8. The van der Waals surface area contributed by atoms with Crippen molar-refractivity contribution in [2.24, 2.45) is 17.8 Å². The Bertz CT molecular complexity index is 480. The molecular weight excluding hydrogens is 220 g/mol. The van der Waals surface area contributed by atoms with Crippen molar-refractivity contribution in [3.05, 3.63) is 35.4 Å². The largest absolute Gasteiger partial charge is 0.299 e. The highest BCUT2D eigenvalue weighted by atomic mass is 16.1. The summed E-state index contributed by atoms with van der Waals surface area (Å²) in [7, 11) is 0. The van der Waals surface area contributed by atoms with E-state index in [9.17, 15) is 4.79 Å². The lowest BCUT2D eigenvalue weighted by atomic mass is 9.78. The van der Waals surface area contributed by atoms with Crippen molar-refractivity contribution in [3.63, 3.8) is 0 Å². The van der Waals surface area contributed by atoms with E-state index in [-0.39, 0.29) is 5.92 Å². The molecule has 0 aliphatic heterocycles. The van der Waals surface area contributed by atoms with Crippen molar-refractivity contribution in [1.29, 1.82) is 0 Å². The van der Waals surface area contributed by atoms with Gasteiger partial charge in [-0.15, -0.1) is 0 Å². The van der Waals surface area contributed by atoms with Crippen molar-refractivity contribution >= 4 is 5.78 Å². The maximum absolute atomic E-state index is 12.7. The number of carbonyl (C=O) groups is 1. The monoisotopic (exact) mass is 240 g/mol. The molecule has 1 aromatic rings. The van der Waals surface area contributed by atoms with Crippen LogP contribution in [0.3, 0.4) is 0 Å². The Labute approximate surface area is 109 Å². The molecule has 3 unspecified atom stereocenters. The van der Waals surface area contributed by atoms with E-state index in [1.165, 1.54) is 36.8 Å². The van der Waals surface area contributed by atoms with Gasteiger partial charge in [0.1, 0.15) is 5.78 Å². The SMILES string of the molecule is O=C(C1CCCc2ccccc21)C1C2CCCC21. The summed E-state index contributed by atoms with van der Waals surface area (Å²) in [6, 6.07) is 8.60. The van der Waals surface area contributed by atoms with Gasteiger partial charge in [-0.1, -0.05) is 30.7 Å². The fourth-order valence-corrected chi connectivity index (χ4v) is 4.53. The van der Waals surface area contributed by atoms with Crippen LogP contribution in [0.5, 0.6) is 0 Å². The van der Waals surface area contributed by atoms with E-state index in [2.05, 4.69) is 24.3 Å². The zero-order valence-corrected chi connectivity index (χ0v) is 10.8. The molecule has 1 aromatic carbocycles. The van der Waals surface area contributed by atoms with E-state index in [0.29, 0.717) is 11.7 Å². The summed E-state index contributed by atoms with van der Waals surface area (Å²) in [6.07, 6.45) is 7.43. The first-order chi connectivity index (χ1) is 8.86. The van der Waals surface area contributed by atoms with E-state index < -0.39 is 0 Å². The minimum Gasteiger partial charge on any atom is -0.299 e. The van der Waals surface area contributed by atoms with Crippen molar-refractivity contribution in [3.8, 4) is 0 Å². The maximum Gasteiger partial charge on any atom is 0.143 e. The summed E-state index contributed by atoms with van der Waals surface area (Å²) >= 11 is 0. The van der Waals surface area contributed by atoms with Crippen LogP contribution in [0.2, 0.25) is 0 Å². The van der Waals surface area contributed by atoms with Crippen LogP contribution in [-0.2, 0) is 11.2 Å². The Morgan fingerprint density at radius 1 is 1.00 bits per heavy atom. The fraction of sp³-hybridized carbons (Fsp3) is 0.588. The highest BCUT2D eigenvalue weighted by molar-refractivity contribution is 5.91. The number of fused-ring (bicyclic) bond motifs is 2. The number of Topliss-reactive ketones (excluding diaryl/α,β-unsaturated/α-hetero) is 1. The molecule has 0 radical (unpaired) electrons. The second-order valence-electron chi connectivity index (χ2n) is 6.33. The van der Waals surface area contributed by atoms with Gasteiger partial charge in [-0.25, -0.2) is 0 Å². The molecule has 1 heteroatoms. The number of carbonyl (C=O) groups excluding carboxylic acids is 1. The molecule has 0 saturated heterocycles. The number of hydrogen-bond acceptors (Lipinski definition) is 1. The van der Waals surface area contributed by atoms with Gasteiger partial charge in [0.15, 0.2) is 0 Å². The standard InChI is InChI=1S/C17H20O/c18-17(16-13-8-4-9-14(13)16)15-10-3-6-11-5-1-2-7-12(11)15/h1-2,5,7,13-16H,3-4,6,8-10H2. The summed E-state index contributed by atoms with van der Waals surface area (Å²) in [6.45, 7) is 0. The number of hydrogen-bond donors (Lipinski definition) is 0. The van der Waals surface area contributed by atoms with Crippen LogP contribution in [0.15, 0.2) is 24.3 Å². The van der Waals surface area contributed by atoms with Gasteiger partial charge in [0, 0.05) is 11.8 Å². The van der Waals surface area contributed by atoms with Gasteiger partial charge >= 0.3 is 0 Å². The normalized spacial score (nSPS) is 36.9. The second kappa shape index (κ2) is 3.94. The molecule has 94 valence electrons. The van der Waals surface area contributed by atoms with E-state index >= 15 is 0 Å². The van der Waals surface area contributed by atoms with E-state index in [0.717, 1.165) is 24.7 Å². The molecule has 3 atom stereocenters. The van der Waals surface area contributed by atoms with Crippen molar-refractivity contribution in [1.82, 2.24) is 0 Å². The lowest BCUT2D eigenvalue weighted by Crippen LogP contribution is -2.21. The van der Waals surface area contributed by atoms with Crippen LogP contribution in [0.1, 0.15) is 49.1 Å². The Balaban J connectivity index is 1.61. The predicted octanol–water partition coefficient (Wildman–Crippen LogP) is 3.72. The summed E-state index contributed by atoms with van der Waals surface area (Å²) in [5, 5.41) is 0. The molecule has 3 aliphatic carbocycles. The minimum absolute atomic E-state index is 0.227. The molecule has 0 N–H and O–H groups in total. The molecule has 1 nitrogen and oxygen atoms in total. The summed E-state index contributed by atoms with van der Waals surface area (Å²) < 4.78 is 0. The summed E-state index contributed by atoms with van der Waals surface area (Å²) in [5.74, 6) is 2.79. The molecule has 0 amide bonds. The van der Waals surface area contributed by atoms with Crippen LogP contribution >= 0.6 is 0 Å². The van der Waals surface area contributed by atoms with Gasteiger partial charge < -0.3 is 0 Å². The average molecular weight is 240 g/mol. The van der Waals surface area contributed by atoms with Gasteiger partial charge in [-0.2, -0.15) is 0 Å². The molecule has 18 heavy (non-hydrogen) atoms. The number of ketones is 1. The maximum atomic E-state index is 12.7. The third-order valence-corrected chi connectivity index (χ3v) is 5.45. The van der Waals surface area contributed by atoms with Crippen molar-refractivity contribution in [2.75, 3.05) is 0 Å². The Morgan fingerprint density at radius 3 is 2.61 bits per heavy atom. The average Bonchev–Trinajstić information content (AvgIpc) is 2.90. The van der Waals surface area contributed by atoms with Crippen LogP contribution in [0.25, 0.3) is 0 Å². The van der Waals surface area contributed by atoms with Crippen molar-refractivity contribution in [2.45, 2.75) is 44.4 Å². The Hall–Kier alpha value is -1.11. The second-order valence-corrected chi connectivity index (χ2v) is 6.33. The van der Waals surface area contributed by atoms with Gasteiger partial charge in [0.25, 0.3) is 0 Å². The van der Waals surface area contributed by atoms with Crippen LogP contribution in [0, 0.1) is 17.8 Å². The third kappa shape index (κ3) is 1.49. The first-order valence-corrected chi connectivity index (χ1v) is 7.48. The Morgan fingerprint density at radius 2 is 1.78 bits per heavy atom. The lowest BCUT2D eigenvalue weighted by Gasteiger charge is -2.25. The molecule has 0 aromatic heterocycles. The van der Waals surface area contributed by atoms with Crippen molar-refractivity contribution < 1.29 is 4.79 Å². The van der Waals surface area contributed by atoms with Gasteiger partial charge in [0.05, 0.1) is 0 Å². The molecule has 3 aliphatic rings. The smallest absolute Gasteiger partial charge is 0.143 e. The highest BCUT2D eigenvalue weighted by Gasteiger charge is 2.57. The molecule has 2 fully saturated rings. The van der Waals surface area contributed by atoms with E-state index in [1.54, 1.807) is 0 Å². The highest BCUT2D eigenvalue weighted by Crippen LogP contribution is 2.59. The molecule has 4 rings (SSSR count). The molecule has 0 bridgehead atoms. The number of rotatable bonds is 2. The molecular formula is C17H20O. The fourth-order valence-electron chi connectivity index (χ4n) is 4.53. The van der Waals surface area contributed by atoms with Gasteiger partial charge in [-0.3, -0.25) is 4.79 Å². The molecule has 0 heterocycles. The molecule has 2 saturated carbocycles. The zero-order valence-electron chi connectivity index (χ0n) is 10.8. The van der Waals surface area contributed by atoms with E-state index in [4.69, 9.17) is 0 Å². The number of aryl methyl sites for hydroxylation is 1. The molecule has 0 spiro atoms. The summed E-state index contributed by atoms with van der Waals surface area (Å²) in [5.41, 5.74) is 2.77. The van der Waals surface area contributed by atoms with Gasteiger partial charge in [0.2, 0.25) is 0 Å². The summed E-state index contributed by atoms with van der Waals surface area (Å²) in [4.78, 5) is 12.7. The quantitative estimate of drug-likeness (QED) is 0.770. The third-order valence-electron chi connectivity index (χ3n) is 5.45. The van der Waals surface area contributed by atoms with Crippen LogP contribution in [0.4, 0.5) is 0 Å². The topological polar surface area (TPSA) is 17.1 Å².